The Kier molecular flexibility index (Phi) is 5.16. The standard InChI is InChI=1S/C13H16ClNO3/c1-4-15(5-2)13(17)18-11-8-6-7-10(14)12(11)9(3)16/h6-8H,4-5H2,1-3H3. The highest BCUT2D eigenvalue weighted by atomic mass is 35.5. The number of carbonyl (C=O) groups excluding carboxylic acids is 2. The van der Waals surface area contributed by atoms with Crippen molar-refractivity contribution in [1.29, 1.82) is 0 Å². The number of ether oxygens (including phenoxy) is 1. The fraction of sp³-hybridized carbons (Fsp3) is 0.385. The Bertz CT molecular complexity index is 456. The number of nitrogens with zero attached hydrogens (tertiary/aromatic N) is 1. The molecular formula is C13H16ClNO3. The van der Waals surface area contributed by atoms with Crippen molar-refractivity contribution in [2.45, 2.75) is 20.8 Å². The molecule has 1 rings (SSSR count). The van der Waals surface area contributed by atoms with E-state index in [4.69, 9.17) is 16.3 Å². The second-order valence-corrected chi connectivity index (χ2v) is 4.12. The predicted octanol–water partition coefficient (Wildman–Crippen LogP) is 3.38. The number of ketones is 1. The molecule has 0 saturated heterocycles. The fourth-order valence-electron chi connectivity index (χ4n) is 1.57. The van der Waals surface area contributed by atoms with Gasteiger partial charge in [-0.15, -0.1) is 0 Å². The summed E-state index contributed by atoms with van der Waals surface area (Å²) in [6.07, 6.45) is -0.482. The third-order valence-corrected chi connectivity index (χ3v) is 2.86. The van der Waals surface area contributed by atoms with E-state index in [2.05, 4.69) is 0 Å². The maximum atomic E-state index is 11.8. The second kappa shape index (κ2) is 6.40. The van der Waals surface area contributed by atoms with Crippen molar-refractivity contribution in [3.8, 4) is 5.75 Å². The second-order valence-electron chi connectivity index (χ2n) is 3.71. The highest BCUT2D eigenvalue weighted by molar-refractivity contribution is 6.34. The third kappa shape index (κ3) is 3.23. The third-order valence-electron chi connectivity index (χ3n) is 2.55. The molecule has 1 amide bonds. The molecule has 0 unspecified atom stereocenters. The maximum Gasteiger partial charge on any atom is 0.415 e. The quantitative estimate of drug-likeness (QED) is 0.787. The van der Waals surface area contributed by atoms with Gasteiger partial charge in [0.1, 0.15) is 5.75 Å². The Balaban J connectivity index is 3.01. The van der Waals surface area contributed by atoms with Gasteiger partial charge in [-0.3, -0.25) is 4.79 Å². The number of benzene rings is 1. The average Bonchev–Trinajstić information content (AvgIpc) is 2.30. The Morgan fingerprint density at radius 1 is 1.28 bits per heavy atom. The van der Waals surface area contributed by atoms with E-state index >= 15 is 0 Å². The summed E-state index contributed by atoms with van der Waals surface area (Å²) in [7, 11) is 0. The SMILES string of the molecule is CCN(CC)C(=O)Oc1cccc(Cl)c1C(C)=O. The molecule has 4 nitrogen and oxygen atoms in total. The van der Waals surface area contributed by atoms with Crippen LogP contribution >= 0.6 is 11.6 Å². The van der Waals surface area contributed by atoms with Crippen molar-refractivity contribution in [1.82, 2.24) is 4.90 Å². The molecule has 0 bridgehead atoms. The molecule has 1 aromatic rings. The number of Topliss-reactive ketones (excluding diaryl/α,β-unsaturated/α-hetero) is 1. The summed E-state index contributed by atoms with van der Waals surface area (Å²) in [5.74, 6) is -0.0325. The lowest BCUT2D eigenvalue weighted by Crippen LogP contribution is -2.33. The minimum absolute atomic E-state index is 0.201. The summed E-state index contributed by atoms with van der Waals surface area (Å²) >= 11 is 5.93. The predicted molar refractivity (Wildman–Crippen MR) is 70.4 cm³/mol. The molecule has 0 saturated carbocycles. The Morgan fingerprint density at radius 3 is 2.39 bits per heavy atom. The molecule has 0 aliphatic carbocycles. The summed E-state index contributed by atoms with van der Waals surface area (Å²) < 4.78 is 5.21. The van der Waals surface area contributed by atoms with Gasteiger partial charge in [0.25, 0.3) is 0 Å². The number of rotatable bonds is 4. The molecule has 0 atom stereocenters. The van der Waals surface area contributed by atoms with E-state index in [0.29, 0.717) is 13.1 Å². The Hall–Kier alpha value is -1.55. The monoisotopic (exact) mass is 269 g/mol. The minimum Gasteiger partial charge on any atom is -0.409 e. The van der Waals surface area contributed by atoms with Crippen LogP contribution in [0.1, 0.15) is 31.1 Å². The molecule has 0 N–H and O–H groups in total. The smallest absolute Gasteiger partial charge is 0.409 e. The largest absolute Gasteiger partial charge is 0.415 e. The van der Waals surface area contributed by atoms with Crippen LogP contribution in [-0.4, -0.2) is 29.9 Å². The topological polar surface area (TPSA) is 46.6 Å². The summed E-state index contributed by atoms with van der Waals surface area (Å²) in [5.41, 5.74) is 0.236. The molecule has 0 spiro atoms. The number of hydrogen-bond donors (Lipinski definition) is 0. The molecule has 0 aliphatic heterocycles. The fourth-order valence-corrected chi connectivity index (χ4v) is 1.87. The first-order valence-corrected chi connectivity index (χ1v) is 6.15. The molecule has 18 heavy (non-hydrogen) atoms. The van der Waals surface area contributed by atoms with Gasteiger partial charge >= 0.3 is 6.09 Å². The summed E-state index contributed by atoms with van der Waals surface area (Å²) in [6.45, 7) is 6.19. The molecule has 1 aromatic carbocycles. The van der Waals surface area contributed by atoms with Crippen molar-refractivity contribution >= 4 is 23.5 Å². The number of amides is 1. The van der Waals surface area contributed by atoms with Crippen molar-refractivity contribution in [2.24, 2.45) is 0 Å². The van der Waals surface area contributed by atoms with Gasteiger partial charge < -0.3 is 9.64 Å². The molecule has 0 heterocycles. The van der Waals surface area contributed by atoms with E-state index in [0.717, 1.165) is 0 Å². The zero-order valence-electron chi connectivity index (χ0n) is 10.7. The van der Waals surface area contributed by atoms with Gasteiger partial charge in [0.15, 0.2) is 5.78 Å². The van der Waals surface area contributed by atoms with E-state index in [-0.39, 0.29) is 22.1 Å². The molecular weight excluding hydrogens is 254 g/mol. The minimum atomic E-state index is -0.482. The molecule has 0 fully saturated rings. The lowest BCUT2D eigenvalue weighted by Gasteiger charge is -2.18. The van der Waals surface area contributed by atoms with E-state index in [1.807, 2.05) is 13.8 Å². The molecule has 0 aliphatic rings. The van der Waals surface area contributed by atoms with Crippen molar-refractivity contribution < 1.29 is 14.3 Å². The maximum absolute atomic E-state index is 11.8. The van der Waals surface area contributed by atoms with Gasteiger partial charge in [-0.1, -0.05) is 17.7 Å². The summed E-state index contributed by atoms with van der Waals surface area (Å²) in [5, 5.41) is 0.285. The van der Waals surface area contributed by atoms with Gasteiger partial charge in [0.2, 0.25) is 0 Å². The van der Waals surface area contributed by atoms with Crippen LogP contribution in [0.2, 0.25) is 5.02 Å². The average molecular weight is 270 g/mol. The summed E-state index contributed by atoms with van der Waals surface area (Å²) in [4.78, 5) is 24.8. The van der Waals surface area contributed by atoms with Crippen LogP contribution in [0.3, 0.4) is 0 Å². The van der Waals surface area contributed by atoms with Gasteiger partial charge in [0.05, 0.1) is 10.6 Å². The Morgan fingerprint density at radius 2 is 1.89 bits per heavy atom. The highest BCUT2D eigenvalue weighted by Crippen LogP contribution is 2.27. The van der Waals surface area contributed by atoms with E-state index < -0.39 is 6.09 Å². The lowest BCUT2D eigenvalue weighted by molar-refractivity contribution is 0.101. The molecule has 0 radical (unpaired) electrons. The van der Waals surface area contributed by atoms with Crippen molar-refractivity contribution in [3.05, 3.63) is 28.8 Å². The van der Waals surface area contributed by atoms with Crippen molar-refractivity contribution in [2.75, 3.05) is 13.1 Å². The van der Waals surface area contributed by atoms with Gasteiger partial charge in [-0.05, 0) is 32.9 Å². The highest BCUT2D eigenvalue weighted by Gasteiger charge is 2.18. The van der Waals surface area contributed by atoms with E-state index in [1.165, 1.54) is 11.8 Å². The van der Waals surface area contributed by atoms with Crippen LogP contribution < -0.4 is 4.74 Å². The number of halogens is 1. The normalized spacial score (nSPS) is 10.0. The molecule has 0 aromatic heterocycles. The summed E-state index contributed by atoms with van der Waals surface area (Å²) in [6, 6.07) is 4.79. The molecule has 5 heteroatoms. The van der Waals surface area contributed by atoms with Crippen LogP contribution in [-0.2, 0) is 0 Å². The van der Waals surface area contributed by atoms with Crippen LogP contribution in [0.25, 0.3) is 0 Å². The first-order valence-electron chi connectivity index (χ1n) is 5.77. The van der Waals surface area contributed by atoms with Crippen LogP contribution in [0.4, 0.5) is 4.79 Å². The Labute approximate surface area is 111 Å². The zero-order chi connectivity index (χ0) is 13.7. The van der Waals surface area contributed by atoms with Crippen LogP contribution in [0, 0.1) is 0 Å². The van der Waals surface area contributed by atoms with Gasteiger partial charge in [0, 0.05) is 13.1 Å². The zero-order valence-corrected chi connectivity index (χ0v) is 11.5. The van der Waals surface area contributed by atoms with Crippen molar-refractivity contribution in [3.63, 3.8) is 0 Å². The first-order chi connectivity index (χ1) is 8.51. The molecule has 98 valence electrons. The van der Waals surface area contributed by atoms with Gasteiger partial charge in [-0.25, -0.2) is 4.79 Å². The number of carbonyl (C=O) groups is 2. The van der Waals surface area contributed by atoms with E-state index in [9.17, 15) is 9.59 Å². The van der Waals surface area contributed by atoms with E-state index in [1.54, 1.807) is 18.2 Å². The van der Waals surface area contributed by atoms with Crippen LogP contribution in [0.5, 0.6) is 5.75 Å². The van der Waals surface area contributed by atoms with Gasteiger partial charge in [-0.2, -0.15) is 0 Å². The van der Waals surface area contributed by atoms with Crippen LogP contribution in [0.15, 0.2) is 18.2 Å². The lowest BCUT2D eigenvalue weighted by atomic mass is 10.1. The first kappa shape index (κ1) is 14.5. The number of hydrogen-bond acceptors (Lipinski definition) is 3.